The van der Waals surface area contributed by atoms with Gasteiger partial charge in [-0.15, -0.1) is 0 Å². The van der Waals surface area contributed by atoms with Gasteiger partial charge in [0.1, 0.15) is 0 Å². The van der Waals surface area contributed by atoms with Crippen LogP contribution in [0.1, 0.15) is 43.0 Å². The highest BCUT2D eigenvalue weighted by Crippen LogP contribution is 2.49. The fraction of sp³-hybridized carbons (Fsp3) is 0.562. The number of fused-ring (bicyclic) bond motifs is 2. The number of carbonyl (C=O) groups is 1. The molecule has 2 saturated carbocycles. The van der Waals surface area contributed by atoms with Gasteiger partial charge in [0.05, 0.1) is 5.56 Å². The molecule has 2 N–H and O–H groups in total. The Kier molecular flexibility index (Phi) is 3.76. The van der Waals surface area contributed by atoms with Crippen LogP contribution in [-0.4, -0.2) is 17.1 Å². The zero-order chi connectivity index (χ0) is 14.3. The van der Waals surface area contributed by atoms with Gasteiger partial charge in [0.25, 0.3) is 0 Å². The second-order valence-corrected chi connectivity index (χ2v) is 7.13. The van der Waals surface area contributed by atoms with E-state index in [1.807, 2.05) is 12.1 Å². The Morgan fingerprint density at radius 1 is 1.40 bits per heavy atom. The molecule has 108 valence electrons. The number of carboxylic acid groups (broad SMARTS) is 1. The molecule has 1 aromatic carbocycles. The minimum atomic E-state index is -0.899. The van der Waals surface area contributed by atoms with Gasteiger partial charge < -0.3 is 10.4 Å². The van der Waals surface area contributed by atoms with Crippen LogP contribution in [0.5, 0.6) is 0 Å². The van der Waals surface area contributed by atoms with Gasteiger partial charge in [0, 0.05) is 16.2 Å². The molecule has 4 unspecified atom stereocenters. The Morgan fingerprint density at radius 2 is 2.20 bits per heavy atom. The van der Waals surface area contributed by atoms with E-state index in [4.69, 9.17) is 5.11 Å². The third-order valence-corrected chi connectivity index (χ3v) is 5.68. The highest BCUT2D eigenvalue weighted by Gasteiger charge is 2.41. The summed E-state index contributed by atoms with van der Waals surface area (Å²) in [5, 5.41) is 12.6. The summed E-state index contributed by atoms with van der Waals surface area (Å²) in [4.78, 5) is 11.0. The third kappa shape index (κ3) is 2.58. The van der Waals surface area contributed by atoms with Crippen LogP contribution in [-0.2, 0) is 0 Å². The maximum absolute atomic E-state index is 11.0. The van der Waals surface area contributed by atoms with Crippen molar-refractivity contribution in [2.75, 3.05) is 5.32 Å². The molecule has 0 heterocycles. The Morgan fingerprint density at radius 3 is 2.75 bits per heavy atom. The average molecular weight is 338 g/mol. The standard InChI is InChI=1S/C16H20BrNO2/c1-9(14-7-10-2-3-11(14)6-10)18-12-4-5-13(16(19)20)15(17)8-12/h4-5,8-11,14,18H,2-3,6-7H2,1H3,(H,19,20). The number of hydrogen-bond donors (Lipinski definition) is 2. The van der Waals surface area contributed by atoms with Crippen molar-refractivity contribution in [3.63, 3.8) is 0 Å². The fourth-order valence-electron chi connectivity index (χ4n) is 4.05. The molecule has 0 amide bonds. The molecule has 4 heteroatoms. The number of aromatic carboxylic acids is 1. The zero-order valence-corrected chi connectivity index (χ0v) is 13.2. The highest BCUT2D eigenvalue weighted by atomic mass is 79.9. The molecule has 3 rings (SSSR count). The number of hydrogen-bond acceptors (Lipinski definition) is 2. The lowest BCUT2D eigenvalue weighted by Gasteiger charge is -2.29. The number of carboxylic acids is 1. The van der Waals surface area contributed by atoms with Crippen molar-refractivity contribution in [2.24, 2.45) is 17.8 Å². The molecule has 0 aromatic heterocycles. The molecule has 2 bridgehead atoms. The van der Waals surface area contributed by atoms with E-state index in [2.05, 4.69) is 28.2 Å². The lowest BCUT2D eigenvalue weighted by atomic mass is 9.84. The van der Waals surface area contributed by atoms with Gasteiger partial charge in [-0.05, 0) is 78.1 Å². The van der Waals surface area contributed by atoms with Gasteiger partial charge in [-0.2, -0.15) is 0 Å². The minimum absolute atomic E-state index is 0.308. The van der Waals surface area contributed by atoms with Gasteiger partial charge in [0.15, 0.2) is 0 Å². The van der Waals surface area contributed by atoms with Crippen LogP contribution in [0.3, 0.4) is 0 Å². The molecule has 0 spiro atoms. The summed E-state index contributed by atoms with van der Waals surface area (Å²) in [6.07, 6.45) is 5.58. The molecule has 2 aliphatic carbocycles. The first-order valence-corrected chi connectivity index (χ1v) is 8.13. The summed E-state index contributed by atoms with van der Waals surface area (Å²) < 4.78 is 0.634. The molecule has 0 radical (unpaired) electrons. The summed E-state index contributed by atoms with van der Waals surface area (Å²) in [6, 6.07) is 5.83. The summed E-state index contributed by atoms with van der Waals surface area (Å²) in [7, 11) is 0. The Hall–Kier alpha value is -1.03. The van der Waals surface area contributed by atoms with Gasteiger partial charge in [0.2, 0.25) is 0 Å². The van der Waals surface area contributed by atoms with Crippen LogP contribution < -0.4 is 5.32 Å². The van der Waals surface area contributed by atoms with E-state index >= 15 is 0 Å². The molecule has 3 nitrogen and oxygen atoms in total. The smallest absolute Gasteiger partial charge is 0.336 e. The SMILES string of the molecule is CC(Nc1ccc(C(=O)O)c(Br)c1)C1CC2CCC1C2. The van der Waals surface area contributed by atoms with E-state index in [1.165, 1.54) is 25.7 Å². The van der Waals surface area contributed by atoms with Gasteiger partial charge in [-0.1, -0.05) is 6.42 Å². The van der Waals surface area contributed by atoms with Crippen LogP contribution in [0.15, 0.2) is 22.7 Å². The molecular formula is C16H20BrNO2. The van der Waals surface area contributed by atoms with Crippen molar-refractivity contribution in [2.45, 2.75) is 38.6 Å². The number of halogens is 1. The van der Waals surface area contributed by atoms with Gasteiger partial charge in [-0.25, -0.2) is 4.79 Å². The summed E-state index contributed by atoms with van der Waals surface area (Å²) in [6.45, 7) is 2.25. The molecule has 4 atom stereocenters. The second kappa shape index (κ2) is 5.40. The summed E-state index contributed by atoms with van der Waals surface area (Å²) in [5.41, 5.74) is 1.31. The van der Waals surface area contributed by atoms with Crippen molar-refractivity contribution >= 4 is 27.6 Å². The van der Waals surface area contributed by atoms with E-state index in [1.54, 1.807) is 6.07 Å². The van der Waals surface area contributed by atoms with E-state index in [-0.39, 0.29) is 0 Å². The van der Waals surface area contributed by atoms with Gasteiger partial charge >= 0.3 is 5.97 Å². The van der Waals surface area contributed by atoms with E-state index in [0.717, 1.165) is 23.4 Å². The predicted molar refractivity (Wildman–Crippen MR) is 83.1 cm³/mol. The molecule has 0 saturated heterocycles. The first-order valence-electron chi connectivity index (χ1n) is 7.34. The van der Waals surface area contributed by atoms with E-state index in [0.29, 0.717) is 16.1 Å². The number of nitrogens with one attached hydrogen (secondary N) is 1. The largest absolute Gasteiger partial charge is 0.478 e. The molecule has 1 aromatic rings. The molecule has 20 heavy (non-hydrogen) atoms. The molecular weight excluding hydrogens is 318 g/mol. The van der Waals surface area contributed by atoms with Crippen LogP contribution >= 0.6 is 15.9 Å². The Labute approximate surface area is 127 Å². The fourth-order valence-corrected chi connectivity index (χ4v) is 4.60. The number of rotatable bonds is 4. The van der Waals surface area contributed by atoms with Crippen molar-refractivity contribution in [3.8, 4) is 0 Å². The van der Waals surface area contributed by atoms with Crippen LogP contribution in [0.4, 0.5) is 5.69 Å². The first-order chi connectivity index (χ1) is 9.54. The Balaban J connectivity index is 1.68. The average Bonchev–Trinajstić information content (AvgIpc) is 3.00. The van der Waals surface area contributed by atoms with Crippen molar-refractivity contribution in [1.29, 1.82) is 0 Å². The monoisotopic (exact) mass is 337 g/mol. The molecule has 2 aliphatic rings. The van der Waals surface area contributed by atoms with Crippen LogP contribution in [0, 0.1) is 17.8 Å². The van der Waals surface area contributed by atoms with Crippen LogP contribution in [0.2, 0.25) is 0 Å². The van der Waals surface area contributed by atoms with E-state index in [9.17, 15) is 4.79 Å². The van der Waals surface area contributed by atoms with E-state index < -0.39 is 5.97 Å². The first kappa shape index (κ1) is 13.9. The van der Waals surface area contributed by atoms with Crippen molar-refractivity contribution < 1.29 is 9.90 Å². The number of anilines is 1. The lowest BCUT2D eigenvalue weighted by Crippen LogP contribution is -2.29. The maximum Gasteiger partial charge on any atom is 0.336 e. The summed E-state index contributed by atoms with van der Waals surface area (Å²) >= 11 is 3.33. The predicted octanol–water partition coefficient (Wildman–Crippen LogP) is 4.38. The summed E-state index contributed by atoms with van der Waals surface area (Å²) in [5.74, 6) is 1.72. The van der Waals surface area contributed by atoms with Gasteiger partial charge in [-0.3, -0.25) is 0 Å². The quantitative estimate of drug-likeness (QED) is 0.856. The van der Waals surface area contributed by atoms with Crippen molar-refractivity contribution in [3.05, 3.63) is 28.2 Å². The lowest BCUT2D eigenvalue weighted by molar-refractivity contribution is 0.0696. The second-order valence-electron chi connectivity index (χ2n) is 6.27. The molecule has 2 fully saturated rings. The highest BCUT2D eigenvalue weighted by molar-refractivity contribution is 9.10. The number of benzene rings is 1. The third-order valence-electron chi connectivity index (χ3n) is 5.03. The maximum atomic E-state index is 11.0. The Bertz CT molecular complexity index is 531. The normalized spacial score (nSPS) is 29.4. The van der Waals surface area contributed by atoms with Crippen molar-refractivity contribution in [1.82, 2.24) is 0 Å². The zero-order valence-electron chi connectivity index (χ0n) is 11.6. The molecule has 0 aliphatic heterocycles. The van der Waals surface area contributed by atoms with Crippen LogP contribution in [0.25, 0.3) is 0 Å². The minimum Gasteiger partial charge on any atom is -0.478 e. The topological polar surface area (TPSA) is 49.3 Å².